The average molecular weight is 431 g/mol. The van der Waals surface area contributed by atoms with Crippen molar-refractivity contribution in [2.75, 3.05) is 26.3 Å². The molecule has 1 aromatic carbocycles. The molecule has 1 amide bonds. The molecule has 3 aliphatic rings. The first-order valence-corrected chi connectivity index (χ1v) is 11.5. The number of benzene rings is 1. The Kier molecular flexibility index (Phi) is 6.97. The van der Waals surface area contributed by atoms with Crippen LogP contribution in [0.3, 0.4) is 0 Å². The second kappa shape index (κ2) is 9.87. The van der Waals surface area contributed by atoms with E-state index in [0.717, 1.165) is 48.2 Å². The molecule has 0 radical (unpaired) electrons. The van der Waals surface area contributed by atoms with Gasteiger partial charge < -0.3 is 30.1 Å². The van der Waals surface area contributed by atoms with Crippen molar-refractivity contribution in [2.45, 2.75) is 70.7 Å². The summed E-state index contributed by atoms with van der Waals surface area (Å²) < 4.78 is 6.04. The highest BCUT2D eigenvalue weighted by molar-refractivity contribution is 5.88. The molecule has 170 valence electrons. The molecule has 0 aromatic heterocycles. The Morgan fingerprint density at radius 2 is 2.13 bits per heavy atom. The Labute approximate surface area is 183 Å². The number of aryl methyl sites for hydroxylation is 1. The number of unbranched alkanes of at least 4 members (excludes halogenated alkanes) is 1. The molecule has 2 fully saturated rings. The topological polar surface area (TPSA) is 97.6 Å². The van der Waals surface area contributed by atoms with E-state index < -0.39 is 6.23 Å². The number of fused-ring (bicyclic) bond motifs is 2. The van der Waals surface area contributed by atoms with Gasteiger partial charge >= 0.3 is 0 Å². The summed E-state index contributed by atoms with van der Waals surface area (Å²) in [7, 11) is 0. The normalized spacial score (nSPS) is 20.2. The van der Waals surface area contributed by atoms with Crippen molar-refractivity contribution in [3.63, 3.8) is 0 Å². The van der Waals surface area contributed by atoms with Crippen molar-refractivity contribution in [3.05, 3.63) is 23.3 Å². The van der Waals surface area contributed by atoms with Crippen LogP contribution in [0, 0.1) is 6.92 Å². The number of hydrogen-bond donors (Lipinski definition) is 3. The van der Waals surface area contributed by atoms with Gasteiger partial charge in [0, 0.05) is 31.1 Å². The number of carbonyl (C=O) groups is 1. The maximum Gasteiger partial charge on any atom is 0.222 e. The molecule has 1 atom stereocenters. The van der Waals surface area contributed by atoms with Gasteiger partial charge in [0.1, 0.15) is 17.7 Å². The third-order valence-electron chi connectivity index (χ3n) is 6.50. The fraction of sp³-hybridized carbons (Fsp3) is 0.652. The van der Waals surface area contributed by atoms with Gasteiger partial charge in [0.05, 0.1) is 19.8 Å². The van der Waals surface area contributed by atoms with Gasteiger partial charge in [-0.1, -0.05) is 18.9 Å². The van der Waals surface area contributed by atoms with Crippen LogP contribution in [0.15, 0.2) is 17.1 Å². The highest BCUT2D eigenvalue weighted by Gasteiger charge is 2.31. The lowest BCUT2D eigenvalue weighted by atomic mass is 10.0. The quantitative estimate of drug-likeness (QED) is 0.519. The first-order chi connectivity index (χ1) is 15.1. The molecule has 0 bridgehead atoms. The summed E-state index contributed by atoms with van der Waals surface area (Å²) in [6.07, 6.45) is 5.90. The summed E-state index contributed by atoms with van der Waals surface area (Å²) in [4.78, 5) is 21.3. The fourth-order valence-electron chi connectivity index (χ4n) is 4.81. The van der Waals surface area contributed by atoms with Crippen molar-refractivity contribution in [1.29, 1.82) is 0 Å². The Hall–Kier alpha value is -2.32. The van der Waals surface area contributed by atoms with Crippen LogP contribution in [0.1, 0.15) is 56.1 Å². The fourth-order valence-corrected chi connectivity index (χ4v) is 4.81. The number of amides is 1. The third-order valence-corrected chi connectivity index (χ3v) is 6.50. The number of guanidine groups is 1. The van der Waals surface area contributed by atoms with E-state index in [1.165, 1.54) is 12.8 Å². The van der Waals surface area contributed by atoms with E-state index >= 15 is 0 Å². The van der Waals surface area contributed by atoms with Gasteiger partial charge in [0.2, 0.25) is 11.9 Å². The zero-order chi connectivity index (χ0) is 21.8. The number of hydrogen-bond acceptors (Lipinski definition) is 7. The summed E-state index contributed by atoms with van der Waals surface area (Å²) in [5, 5.41) is 22.2. The van der Waals surface area contributed by atoms with E-state index in [1.807, 2.05) is 21.9 Å². The molecule has 8 heteroatoms. The average Bonchev–Trinajstić information content (AvgIpc) is 3.40. The molecule has 1 unspecified atom stereocenters. The van der Waals surface area contributed by atoms with Gasteiger partial charge in [-0.15, -0.1) is 0 Å². The minimum atomic E-state index is -0.593. The molecule has 0 spiro atoms. The minimum absolute atomic E-state index is 0.0235. The zero-order valence-corrected chi connectivity index (χ0v) is 18.3. The molecule has 1 aliphatic carbocycles. The van der Waals surface area contributed by atoms with Crippen LogP contribution in [0.2, 0.25) is 0 Å². The van der Waals surface area contributed by atoms with Crippen LogP contribution in [-0.4, -0.2) is 70.5 Å². The number of nitrogens with zero attached hydrogens (tertiary/aromatic N) is 3. The van der Waals surface area contributed by atoms with Crippen molar-refractivity contribution < 1.29 is 19.7 Å². The number of aliphatic hydroxyl groups is 2. The van der Waals surface area contributed by atoms with Crippen molar-refractivity contribution in [3.8, 4) is 5.75 Å². The van der Waals surface area contributed by atoms with Gasteiger partial charge in [-0.05, 0) is 44.2 Å². The third kappa shape index (κ3) is 4.96. The molecule has 1 saturated heterocycles. The summed E-state index contributed by atoms with van der Waals surface area (Å²) in [6, 6.07) is 4.30. The van der Waals surface area contributed by atoms with Crippen LogP contribution in [0.4, 0.5) is 5.69 Å². The van der Waals surface area contributed by atoms with Gasteiger partial charge in [0.25, 0.3) is 0 Å². The predicted molar refractivity (Wildman–Crippen MR) is 118 cm³/mol. The zero-order valence-electron chi connectivity index (χ0n) is 18.3. The number of aliphatic imine (C=N–C) groups is 1. The van der Waals surface area contributed by atoms with Gasteiger partial charge in [-0.25, -0.2) is 4.99 Å². The van der Waals surface area contributed by atoms with E-state index in [0.29, 0.717) is 44.7 Å². The van der Waals surface area contributed by atoms with E-state index in [-0.39, 0.29) is 12.5 Å². The molecular weight excluding hydrogens is 396 g/mol. The second-order valence-corrected chi connectivity index (χ2v) is 8.74. The van der Waals surface area contributed by atoms with Crippen molar-refractivity contribution in [1.82, 2.24) is 15.1 Å². The molecule has 2 heterocycles. The van der Waals surface area contributed by atoms with Crippen LogP contribution >= 0.6 is 0 Å². The second-order valence-electron chi connectivity index (χ2n) is 8.74. The van der Waals surface area contributed by atoms with E-state index in [1.54, 1.807) is 0 Å². The van der Waals surface area contributed by atoms with Crippen molar-refractivity contribution >= 4 is 17.6 Å². The highest BCUT2D eigenvalue weighted by Crippen LogP contribution is 2.38. The van der Waals surface area contributed by atoms with Crippen molar-refractivity contribution in [2.24, 2.45) is 4.99 Å². The summed E-state index contributed by atoms with van der Waals surface area (Å²) in [6.45, 7) is 4.29. The monoisotopic (exact) mass is 430 g/mol. The first kappa shape index (κ1) is 21.9. The molecule has 2 aliphatic heterocycles. The van der Waals surface area contributed by atoms with E-state index in [2.05, 4.69) is 12.2 Å². The van der Waals surface area contributed by atoms with Gasteiger partial charge in [-0.3, -0.25) is 4.79 Å². The summed E-state index contributed by atoms with van der Waals surface area (Å²) >= 11 is 0. The Balaban J connectivity index is 1.29. The number of nitrogens with one attached hydrogen (secondary N) is 1. The number of rotatable bonds is 9. The summed E-state index contributed by atoms with van der Waals surface area (Å²) in [5.41, 5.74) is 3.12. The molecule has 8 nitrogen and oxygen atoms in total. The summed E-state index contributed by atoms with van der Waals surface area (Å²) in [5.74, 6) is 1.58. The lowest BCUT2D eigenvalue weighted by Gasteiger charge is -2.28. The standard InChI is InChI=1S/C23H34N4O4/c1-16-9-10-19(22-18(16)14-26-15-20(29)24-23(26)25-22)31-13-5-4-8-21(30)27(11-12-28)17-6-2-3-7-17/h9-10,17,20,28-29H,2-8,11-15H2,1H3,(H,24,25). The Morgan fingerprint density at radius 1 is 1.32 bits per heavy atom. The molecular formula is C23H34N4O4. The maximum absolute atomic E-state index is 12.6. The molecule has 1 aromatic rings. The lowest BCUT2D eigenvalue weighted by molar-refractivity contribution is -0.134. The van der Waals surface area contributed by atoms with Crippen LogP contribution in [-0.2, 0) is 11.3 Å². The number of carbonyl (C=O) groups excluding carboxylic acids is 1. The minimum Gasteiger partial charge on any atom is -0.491 e. The molecule has 31 heavy (non-hydrogen) atoms. The SMILES string of the molecule is Cc1ccc(OCCCCC(=O)N(CCO)C2CCCC2)c2c1CN1CC(O)NC1=N2. The van der Waals surface area contributed by atoms with Gasteiger partial charge in [-0.2, -0.15) is 0 Å². The van der Waals surface area contributed by atoms with Crippen LogP contribution in [0.25, 0.3) is 0 Å². The largest absolute Gasteiger partial charge is 0.491 e. The number of aliphatic hydroxyl groups excluding tert-OH is 2. The van der Waals surface area contributed by atoms with Crippen LogP contribution < -0.4 is 10.1 Å². The van der Waals surface area contributed by atoms with E-state index in [9.17, 15) is 15.0 Å². The molecule has 4 rings (SSSR count). The highest BCUT2D eigenvalue weighted by atomic mass is 16.5. The Bertz CT molecular complexity index is 822. The Morgan fingerprint density at radius 3 is 2.90 bits per heavy atom. The first-order valence-electron chi connectivity index (χ1n) is 11.5. The lowest BCUT2D eigenvalue weighted by Crippen LogP contribution is -2.40. The molecule has 3 N–H and O–H groups in total. The van der Waals surface area contributed by atoms with Crippen LogP contribution in [0.5, 0.6) is 5.75 Å². The van der Waals surface area contributed by atoms with Gasteiger partial charge in [0.15, 0.2) is 0 Å². The maximum atomic E-state index is 12.6. The number of ether oxygens (including phenoxy) is 1. The smallest absolute Gasteiger partial charge is 0.222 e. The molecule has 1 saturated carbocycles. The predicted octanol–water partition coefficient (Wildman–Crippen LogP) is 2.03. The van der Waals surface area contributed by atoms with E-state index in [4.69, 9.17) is 9.73 Å².